The molecule has 0 aliphatic carbocycles. The molecule has 0 saturated carbocycles. The second-order valence-corrected chi connectivity index (χ2v) is 5.75. The summed E-state index contributed by atoms with van der Waals surface area (Å²) in [5, 5.41) is 2.75. The molecule has 27 heavy (non-hydrogen) atoms. The van der Waals surface area contributed by atoms with Crippen molar-refractivity contribution in [1.29, 1.82) is 0 Å². The lowest BCUT2D eigenvalue weighted by Gasteiger charge is -2.14. The summed E-state index contributed by atoms with van der Waals surface area (Å²) in [7, 11) is 4.48. The number of halogens is 1. The molecule has 0 fully saturated rings. The highest BCUT2D eigenvalue weighted by atomic mass is 19.1. The van der Waals surface area contributed by atoms with Crippen molar-refractivity contribution >= 4 is 17.4 Å². The summed E-state index contributed by atoms with van der Waals surface area (Å²) in [6, 6.07) is 8.61. The largest absolute Gasteiger partial charge is 0.493 e. The van der Waals surface area contributed by atoms with E-state index in [9.17, 15) is 14.0 Å². The summed E-state index contributed by atoms with van der Waals surface area (Å²) < 4.78 is 28.6. The number of ketones is 1. The predicted molar refractivity (Wildman–Crippen MR) is 99.3 cm³/mol. The summed E-state index contributed by atoms with van der Waals surface area (Å²) in [6.07, 6.45) is 0.754. The predicted octanol–water partition coefficient (Wildman–Crippen LogP) is 3.84. The SMILES string of the molecule is COc1cc(NC(=O)CCCC(=O)c2ccc(F)cc2)cc(OC)c1OC. The zero-order valence-corrected chi connectivity index (χ0v) is 15.5. The highest BCUT2D eigenvalue weighted by Crippen LogP contribution is 2.39. The monoisotopic (exact) mass is 375 g/mol. The van der Waals surface area contributed by atoms with Gasteiger partial charge in [0.2, 0.25) is 11.7 Å². The van der Waals surface area contributed by atoms with E-state index in [0.717, 1.165) is 0 Å². The van der Waals surface area contributed by atoms with E-state index in [-0.39, 0.29) is 24.5 Å². The minimum absolute atomic E-state index is 0.129. The number of amides is 1. The standard InChI is InChI=1S/C20H22FNO5/c1-25-17-11-15(12-18(26-2)20(17)27-3)22-19(24)6-4-5-16(23)13-7-9-14(21)10-8-13/h7-12H,4-6H2,1-3H3,(H,22,24). The number of carbonyl (C=O) groups is 2. The van der Waals surface area contributed by atoms with Crippen LogP contribution in [0.2, 0.25) is 0 Å². The summed E-state index contributed by atoms with van der Waals surface area (Å²) in [4.78, 5) is 24.2. The normalized spacial score (nSPS) is 10.2. The average Bonchev–Trinajstić information content (AvgIpc) is 2.67. The third kappa shape index (κ3) is 5.44. The second-order valence-electron chi connectivity index (χ2n) is 5.75. The first-order valence-corrected chi connectivity index (χ1v) is 8.37. The van der Waals surface area contributed by atoms with Gasteiger partial charge in [0.25, 0.3) is 0 Å². The molecule has 0 unspecified atom stereocenters. The highest BCUT2D eigenvalue weighted by Gasteiger charge is 2.15. The fourth-order valence-electron chi connectivity index (χ4n) is 2.57. The van der Waals surface area contributed by atoms with Crippen LogP contribution >= 0.6 is 0 Å². The molecule has 0 heterocycles. The average molecular weight is 375 g/mol. The Balaban J connectivity index is 1.92. The van der Waals surface area contributed by atoms with Crippen molar-refractivity contribution in [2.75, 3.05) is 26.6 Å². The topological polar surface area (TPSA) is 73.9 Å². The summed E-state index contributed by atoms with van der Waals surface area (Å²) in [5.74, 6) is 0.531. The van der Waals surface area contributed by atoms with Gasteiger partial charge in [0.05, 0.1) is 21.3 Å². The fourth-order valence-corrected chi connectivity index (χ4v) is 2.57. The molecule has 0 aromatic heterocycles. The van der Waals surface area contributed by atoms with Gasteiger partial charge in [-0.15, -0.1) is 0 Å². The maximum Gasteiger partial charge on any atom is 0.224 e. The van der Waals surface area contributed by atoms with Gasteiger partial charge in [0.15, 0.2) is 17.3 Å². The zero-order valence-electron chi connectivity index (χ0n) is 15.5. The van der Waals surface area contributed by atoms with Gasteiger partial charge in [0.1, 0.15) is 5.82 Å². The van der Waals surface area contributed by atoms with Gasteiger partial charge < -0.3 is 19.5 Å². The van der Waals surface area contributed by atoms with E-state index in [1.165, 1.54) is 45.6 Å². The van der Waals surface area contributed by atoms with Crippen LogP contribution in [0.3, 0.4) is 0 Å². The number of carbonyl (C=O) groups excluding carboxylic acids is 2. The first kappa shape index (κ1) is 20.2. The third-order valence-electron chi connectivity index (χ3n) is 3.92. The molecule has 144 valence electrons. The molecule has 2 aromatic carbocycles. The van der Waals surface area contributed by atoms with Gasteiger partial charge in [-0.1, -0.05) is 0 Å². The van der Waals surface area contributed by atoms with Crippen LogP contribution in [0.25, 0.3) is 0 Å². The quantitative estimate of drug-likeness (QED) is 0.674. The highest BCUT2D eigenvalue weighted by molar-refractivity contribution is 5.96. The molecule has 0 bridgehead atoms. The number of Topliss-reactive ketones (excluding diaryl/α,β-unsaturated/α-hetero) is 1. The minimum Gasteiger partial charge on any atom is -0.493 e. The van der Waals surface area contributed by atoms with Crippen LogP contribution in [-0.4, -0.2) is 33.0 Å². The maximum atomic E-state index is 12.9. The van der Waals surface area contributed by atoms with Crippen LogP contribution in [0, 0.1) is 5.82 Å². The zero-order chi connectivity index (χ0) is 19.8. The van der Waals surface area contributed by atoms with Gasteiger partial charge in [-0.25, -0.2) is 4.39 Å². The van der Waals surface area contributed by atoms with Gasteiger partial charge in [-0.3, -0.25) is 9.59 Å². The van der Waals surface area contributed by atoms with E-state index >= 15 is 0 Å². The third-order valence-corrected chi connectivity index (χ3v) is 3.92. The van der Waals surface area contributed by atoms with E-state index in [1.54, 1.807) is 12.1 Å². The number of hydrogen-bond acceptors (Lipinski definition) is 5. The molecule has 0 aliphatic heterocycles. The van der Waals surface area contributed by atoms with Crippen molar-refractivity contribution in [1.82, 2.24) is 0 Å². The van der Waals surface area contributed by atoms with Crippen LogP contribution in [-0.2, 0) is 4.79 Å². The fraction of sp³-hybridized carbons (Fsp3) is 0.300. The van der Waals surface area contributed by atoms with Crippen molar-refractivity contribution in [3.8, 4) is 17.2 Å². The lowest BCUT2D eigenvalue weighted by Crippen LogP contribution is -2.12. The smallest absolute Gasteiger partial charge is 0.224 e. The lowest BCUT2D eigenvalue weighted by atomic mass is 10.1. The van der Waals surface area contributed by atoms with Crippen molar-refractivity contribution in [2.24, 2.45) is 0 Å². The van der Waals surface area contributed by atoms with Crippen LogP contribution in [0.5, 0.6) is 17.2 Å². The lowest BCUT2D eigenvalue weighted by molar-refractivity contribution is -0.116. The summed E-state index contributed by atoms with van der Waals surface area (Å²) in [5.41, 5.74) is 0.931. The Morgan fingerprint density at radius 3 is 2.04 bits per heavy atom. The number of nitrogens with one attached hydrogen (secondary N) is 1. The summed E-state index contributed by atoms with van der Waals surface area (Å²) >= 11 is 0. The molecular formula is C20H22FNO5. The minimum atomic E-state index is -0.392. The Hall–Kier alpha value is -3.09. The van der Waals surface area contributed by atoms with E-state index in [2.05, 4.69) is 5.32 Å². The van der Waals surface area contributed by atoms with Crippen LogP contribution in [0.4, 0.5) is 10.1 Å². The first-order valence-electron chi connectivity index (χ1n) is 8.37. The Bertz CT molecular complexity index is 780. The molecule has 7 heteroatoms. The van der Waals surface area contributed by atoms with E-state index in [4.69, 9.17) is 14.2 Å². The van der Waals surface area contributed by atoms with Gasteiger partial charge in [-0.05, 0) is 30.7 Å². The van der Waals surface area contributed by atoms with E-state index in [0.29, 0.717) is 34.9 Å². The molecule has 0 saturated heterocycles. The molecule has 1 amide bonds. The molecule has 6 nitrogen and oxygen atoms in total. The molecule has 1 N–H and O–H groups in total. The molecule has 0 radical (unpaired) electrons. The van der Waals surface area contributed by atoms with Crippen LogP contribution < -0.4 is 19.5 Å². The van der Waals surface area contributed by atoms with Gasteiger partial charge in [-0.2, -0.15) is 0 Å². The van der Waals surface area contributed by atoms with Crippen molar-refractivity contribution in [3.05, 3.63) is 47.8 Å². The van der Waals surface area contributed by atoms with Crippen molar-refractivity contribution in [2.45, 2.75) is 19.3 Å². The number of methoxy groups -OCH3 is 3. The Morgan fingerprint density at radius 2 is 1.52 bits per heavy atom. The molecule has 2 rings (SSSR count). The molecule has 2 aromatic rings. The number of hydrogen-bond donors (Lipinski definition) is 1. The van der Waals surface area contributed by atoms with E-state index < -0.39 is 5.82 Å². The van der Waals surface area contributed by atoms with Gasteiger partial charge in [0, 0.05) is 36.2 Å². The first-order chi connectivity index (χ1) is 13.0. The van der Waals surface area contributed by atoms with E-state index in [1.807, 2.05) is 0 Å². The molecule has 0 atom stereocenters. The number of ether oxygens (including phenoxy) is 3. The summed E-state index contributed by atoms with van der Waals surface area (Å²) in [6.45, 7) is 0. The number of rotatable bonds is 9. The number of benzene rings is 2. The molecule has 0 spiro atoms. The Kier molecular flexibility index (Phi) is 7.16. The number of anilines is 1. The second kappa shape index (κ2) is 9.56. The van der Waals surface area contributed by atoms with Crippen molar-refractivity contribution in [3.63, 3.8) is 0 Å². The molecular weight excluding hydrogens is 353 g/mol. The molecule has 0 aliphatic rings. The van der Waals surface area contributed by atoms with Crippen molar-refractivity contribution < 1.29 is 28.2 Å². The van der Waals surface area contributed by atoms with Gasteiger partial charge >= 0.3 is 0 Å². The van der Waals surface area contributed by atoms with Crippen LogP contribution in [0.15, 0.2) is 36.4 Å². The van der Waals surface area contributed by atoms with Crippen LogP contribution in [0.1, 0.15) is 29.6 Å². The Morgan fingerprint density at radius 1 is 0.926 bits per heavy atom. The Labute approximate surface area is 157 Å². The maximum absolute atomic E-state index is 12.9.